The van der Waals surface area contributed by atoms with Crippen LogP contribution in [-0.4, -0.2) is 13.3 Å². The first-order valence-corrected chi connectivity index (χ1v) is 6.01. The quantitative estimate of drug-likeness (QED) is 0.518. The van der Waals surface area contributed by atoms with Crippen LogP contribution in [0.2, 0.25) is 0 Å². The highest BCUT2D eigenvalue weighted by atomic mass is 19.1. The van der Waals surface area contributed by atoms with Crippen LogP contribution in [0.25, 0.3) is 0 Å². The largest absolute Gasteiger partial charge is 0.493 e. The molecule has 0 amide bonds. The Morgan fingerprint density at radius 2 is 1.90 bits per heavy atom. The Kier molecular flexibility index (Phi) is 4.55. The highest BCUT2D eigenvalue weighted by Crippen LogP contribution is 2.28. The molecule has 5 heteroatoms. The number of benzene rings is 2. The zero-order chi connectivity index (χ0) is 14.4. The lowest BCUT2D eigenvalue weighted by molar-refractivity contribution is 0.284. The molecule has 0 aliphatic rings. The Labute approximate surface area is 116 Å². The third-order valence-electron chi connectivity index (χ3n) is 2.72. The predicted molar refractivity (Wildman–Crippen MR) is 75.5 cm³/mol. The average molecular weight is 274 g/mol. The van der Waals surface area contributed by atoms with Gasteiger partial charge in [-0.1, -0.05) is 12.1 Å². The maximum absolute atomic E-state index is 12.8. The first-order valence-electron chi connectivity index (χ1n) is 6.01. The topological polar surface area (TPSA) is 56.8 Å². The van der Waals surface area contributed by atoms with Gasteiger partial charge in [-0.05, 0) is 41.5 Å². The average Bonchev–Trinajstić information content (AvgIpc) is 2.47. The van der Waals surface area contributed by atoms with Gasteiger partial charge in [-0.15, -0.1) is 0 Å². The van der Waals surface area contributed by atoms with Crippen molar-refractivity contribution < 1.29 is 13.9 Å². The second kappa shape index (κ2) is 6.56. The Morgan fingerprint density at radius 3 is 2.55 bits per heavy atom. The minimum atomic E-state index is -0.267. The molecule has 0 saturated carbocycles. The van der Waals surface area contributed by atoms with E-state index in [1.165, 1.54) is 18.3 Å². The molecule has 0 aliphatic heterocycles. The van der Waals surface area contributed by atoms with Crippen LogP contribution in [0.4, 0.5) is 4.39 Å². The first-order chi connectivity index (χ1) is 9.72. The lowest BCUT2D eigenvalue weighted by Crippen LogP contribution is -1.98. The van der Waals surface area contributed by atoms with Gasteiger partial charge in [0.1, 0.15) is 12.4 Å². The molecule has 2 aromatic carbocycles. The zero-order valence-electron chi connectivity index (χ0n) is 11.0. The Hall–Kier alpha value is -2.56. The molecule has 20 heavy (non-hydrogen) atoms. The molecule has 0 atom stereocenters. The van der Waals surface area contributed by atoms with E-state index in [4.69, 9.17) is 15.3 Å². The van der Waals surface area contributed by atoms with Crippen molar-refractivity contribution in [3.8, 4) is 11.5 Å². The van der Waals surface area contributed by atoms with E-state index in [-0.39, 0.29) is 5.82 Å². The molecule has 2 N–H and O–H groups in total. The Morgan fingerprint density at radius 1 is 1.15 bits per heavy atom. The molecule has 0 bridgehead atoms. The monoisotopic (exact) mass is 274 g/mol. The van der Waals surface area contributed by atoms with E-state index in [0.29, 0.717) is 18.1 Å². The maximum Gasteiger partial charge on any atom is 0.161 e. The van der Waals surface area contributed by atoms with Gasteiger partial charge in [-0.3, -0.25) is 0 Å². The summed E-state index contributed by atoms with van der Waals surface area (Å²) in [5.74, 6) is 6.03. The smallest absolute Gasteiger partial charge is 0.161 e. The summed E-state index contributed by atoms with van der Waals surface area (Å²) in [6, 6.07) is 11.5. The number of ether oxygens (including phenoxy) is 2. The van der Waals surface area contributed by atoms with Gasteiger partial charge in [0.25, 0.3) is 0 Å². The van der Waals surface area contributed by atoms with Crippen molar-refractivity contribution in [3.63, 3.8) is 0 Å². The molecule has 0 unspecified atom stereocenters. The van der Waals surface area contributed by atoms with Crippen LogP contribution in [0.5, 0.6) is 11.5 Å². The number of rotatable bonds is 5. The van der Waals surface area contributed by atoms with Crippen molar-refractivity contribution in [2.24, 2.45) is 10.9 Å². The van der Waals surface area contributed by atoms with Gasteiger partial charge in [0.15, 0.2) is 11.5 Å². The lowest BCUT2D eigenvalue weighted by atomic mass is 10.2. The van der Waals surface area contributed by atoms with Gasteiger partial charge in [-0.25, -0.2) is 4.39 Å². The molecule has 0 aromatic heterocycles. The molecule has 2 rings (SSSR count). The maximum atomic E-state index is 12.8. The number of nitrogens with two attached hydrogens (primary N) is 1. The van der Waals surface area contributed by atoms with Crippen molar-refractivity contribution in [1.82, 2.24) is 0 Å². The van der Waals surface area contributed by atoms with Crippen LogP contribution in [-0.2, 0) is 6.61 Å². The van der Waals surface area contributed by atoms with E-state index in [0.717, 1.165) is 11.1 Å². The van der Waals surface area contributed by atoms with Crippen molar-refractivity contribution >= 4 is 6.21 Å². The van der Waals surface area contributed by atoms with Crippen molar-refractivity contribution in [1.29, 1.82) is 0 Å². The Bertz CT molecular complexity index is 597. The molecule has 0 saturated heterocycles. The first kappa shape index (κ1) is 13.9. The fourth-order valence-corrected chi connectivity index (χ4v) is 1.71. The minimum Gasteiger partial charge on any atom is -0.493 e. The number of halogens is 1. The molecular weight excluding hydrogens is 259 g/mol. The van der Waals surface area contributed by atoms with Crippen molar-refractivity contribution in [3.05, 3.63) is 59.4 Å². The van der Waals surface area contributed by atoms with Gasteiger partial charge in [0.2, 0.25) is 0 Å². The second-order valence-corrected chi connectivity index (χ2v) is 4.10. The van der Waals surface area contributed by atoms with Gasteiger partial charge in [-0.2, -0.15) is 5.10 Å². The molecule has 2 aromatic rings. The van der Waals surface area contributed by atoms with Crippen LogP contribution in [0.15, 0.2) is 47.6 Å². The normalized spacial score (nSPS) is 10.7. The summed E-state index contributed by atoms with van der Waals surface area (Å²) in [5, 5.41) is 3.46. The fourth-order valence-electron chi connectivity index (χ4n) is 1.71. The number of hydrogen-bond acceptors (Lipinski definition) is 4. The molecule has 0 spiro atoms. The molecule has 104 valence electrons. The molecule has 0 fully saturated rings. The molecule has 0 heterocycles. The summed E-state index contributed by atoms with van der Waals surface area (Å²) in [6.45, 7) is 0.334. The van der Waals surface area contributed by atoms with Gasteiger partial charge in [0.05, 0.1) is 13.3 Å². The molecule has 0 radical (unpaired) electrons. The number of nitrogens with zero attached hydrogens (tertiary/aromatic N) is 1. The van der Waals surface area contributed by atoms with Crippen LogP contribution < -0.4 is 15.3 Å². The highest BCUT2D eigenvalue weighted by Gasteiger charge is 2.05. The standard InChI is InChI=1S/C15H15FN2O2/c1-19-15-8-12(9-18-17)4-7-14(15)20-10-11-2-5-13(16)6-3-11/h2-9H,10,17H2,1H3/b18-9-. The third-order valence-corrected chi connectivity index (χ3v) is 2.72. The van der Waals surface area contributed by atoms with Crippen LogP contribution in [0.3, 0.4) is 0 Å². The summed E-state index contributed by atoms with van der Waals surface area (Å²) in [5.41, 5.74) is 1.69. The molecular formula is C15H15FN2O2. The number of hydrogen-bond donors (Lipinski definition) is 1. The van der Waals surface area contributed by atoms with Gasteiger partial charge < -0.3 is 15.3 Å². The third kappa shape index (κ3) is 3.47. The number of methoxy groups -OCH3 is 1. The second-order valence-electron chi connectivity index (χ2n) is 4.10. The van der Waals surface area contributed by atoms with E-state index in [1.54, 1.807) is 31.4 Å². The number of hydrazone groups is 1. The van der Waals surface area contributed by atoms with Crippen LogP contribution >= 0.6 is 0 Å². The SMILES string of the molecule is COc1cc(/C=N\N)ccc1OCc1ccc(F)cc1. The Balaban J connectivity index is 2.10. The van der Waals surface area contributed by atoms with Crippen molar-refractivity contribution in [2.45, 2.75) is 6.61 Å². The minimum absolute atomic E-state index is 0.267. The van der Waals surface area contributed by atoms with E-state index >= 15 is 0 Å². The fraction of sp³-hybridized carbons (Fsp3) is 0.133. The zero-order valence-corrected chi connectivity index (χ0v) is 11.0. The molecule has 4 nitrogen and oxygen atoms in total. The highest BCUT2D eigenvalue weighted by molar-refractivity contribution is 5.80. The van der Waals surface area contributed by atoms with E-state index in [2.05, 4.69) is 5.10 Å². The predicted octanol–water partition coefficient (Wildman–Crippen LogP) is 2.71. The lowest BCUT2D eigenvalue weighted by Gasteiger charge is -2.11. The van der Waals surface area contributed by atoms with Crippen LogP contribution in [0.1, 0.15) is 11.1 Å². The summed E-state index contributed by atoms with van der Waals surface area (Å²) < 4.78 is 23.7. The van der Waals surface area contributed by atoms with Crippen LogP contribution in [0, 0.1) is 5.82 Å². The van der Waals surface area contributed by atoms with Gasteiger partial charge in [0, 0.05) is 0 Å². The summed E-state index contributed by atoms with van der Waals surface area (Å²) >= 11 is 0. The molecule has 0 aliphatic carbocycles. The van der Waals surface area contributed by atoms with E-state index < -0.39 is 0 Å². The summed E-state index contributed by atoms with van der Waals surface area (Å²) in [7, 11) is 1.56. The van der Waals surface area contributed by atoms with E-state index in [1.807, 2.05) is 6.07 Å². The summed E-state index contributed by atoms with van der Waals surface area (Å²) in [6.07, 6.45) is 1.52. The van der Waals surface area contributed by atoms with E-state index in [9.17, 15) is 4.39 Å². The summed E-state index contributed by atoms with van der Waals surface area (Å²) in [4.78, 5) is 0. The van der Waals surface area contributed by atoms with Crippen molar-refractivity contribution in [2.75, 3.05) is 7.11 Å². The van der Waals surface area contributed by atoms with Gasteiger partial charge >= 0.3 is 0 Å².